The summed E-state index contributed by atoms with van der Waals surface area (Å²) < 4.78 is 2.06. The van der Waals surface area contributed by atoms with E-state index in [0.29, 0.717) is 0 Å². The highest BCUT2D eigenvalue weighted by molar-refractivity contribution is 14.1. The summed E-state index contributed by atoms with van der Waals surface area (Å²) in [5.41, 5.74) is 5.93. The van der Waals surface area contributed by atoms with E-state index in [9.17, 15) is 10.1 Å². The van der Waals surface area contributed by atoms with Gasteiger partial charge in [0.25, 0.3) is 5.69 Å². The molecule has 0 unspecified atom stereocenters. The zero-order valence-corrected chi connectivity index (χ0v) is 9.83. The van der Waals surface area contributed by atoms with E-state index in [1.165, 1.54) is 6.07 Å². The summed E-state index contributed by atoms with van der Waals surface area (Å²) in [5, 5.41) is 11.4. The van der Waals surface area contributed by atoms with E-state index in [-0.39, 0.29) is 11.4 Å². The van der Waals surface area contributed by atoms with Gasteiger partial charge < -0.3 is 5.73 Å². The van der Waals surface area contributed by atoms with Gasteiger partial charge >= 0.3 is 0 Å². The number of benzene rings is 1. The Morgan fingerprint density at radius 1 is 1.50 bits per heavy atom. The van der Waals surface area contributed by atoms with Crippen molar-refractivity contribution in [3.8, 4) is 0 Å². The minimum Gasteiger partial charge on any atom is -0.393 e. The number of thiophene rings is 1. The van der Waals surface area contributed by atoms with Crippen LogP contribution < -0.4 is 5.73 Å². The van der Waals surface area contributed by atoms with E-state index in [4.69, 9.17) is 5.73 Å². The van der Waals surface area contributed by atoms with Gasteiger partial charge in [-0.05, 0) is 34.7 Å². The first-order valence-corrected chi connectivity index (χ1v) is 5.61. The van der Waals surface area contributed by atoms with Gasteiger partial charge in [-0.1, -0.05) is 0 Å². The quantitative estimate of drug-likeness (QED) is 0.380. The van der Waals surface area contributed by atoms with Crippen LogP contribution in [-0.4, -0.2) is 4.92 Å². The molecule has 14 heavy (non-hydrogen) atoms. The van der Waals surface area contributed by atoms with Crippen molar-refractivity contribution < 1.29 is 4.92 Å². The molecule has 0 saturated carbocycles. The fourth-order valence-electron chi connectivity index (χ4n) is 1.25. The van der Waals surface area contributed by atoms with Crippen LogP contribution in [0.4, 0.5) is 11.4 Å². The Balaban J connectivity index is 2.80. The highest BCUT2D eigenvalue weighted by Crippen LogP contribution is 2.35. The third-order valence-electron chi connectivity index (χ3n) is 1.89. The van der Waals surface area contributed by atoms with Crippen molar-refractivity contribution in [1.29, 1.82) is 0 Å². The second kappa shape index (κ2) is 3.35. The minimum atomic E-state index is -0.459. The molecule has 0 amide bonds. The Morgan fingerprint density at radius 2 is 2.21 bits per heavy atom. The monoisotopic (exact) mass is 320 g/mol. The molecule has 72 valence electrons. The summed E-state index contributed by atoms with van der Waals surface area (Å²) in [6.07, 6.45) is 0. The number of hydrogen-bond donors (Lipinski definition) is 1. The molecule has 0 atom stereocenters. The molecule has 2 rings (SSSR count). The Hall–Kier alpha value is -0.890. The minimum absolute atomic E-state index is 0.0216. The molecule has 0 aliphatic heterocycles. The lowest BCUT2D eigenvalue weighted by Crippen LogP contribution is -1.95. The van der Waals surface area contributed by atoms with Gasteiger partial charge in [-0.2, -0.15) is 0 Å². The molecule has 2 aromatic rings. The van der Waals surface area contributed by atoms with Crippen molar-refractivity contribution in [2.75, 3.05) is 5.73 Å². The molecule has 0 bridgehead atoms. The number of nitrogens with zero attached hydrogens (tertiary/aromatic N) is 1. The van der Waals surface area contributed by atoms with Crippen LogP contribution in [0.25, 0.3) is 10.1 Å². The number of nitrogens with two attached hydrogens (primary N) is 1. The van der Waals surface area contributed by atoms with Crippen molar-refractivity contribution >= 4 is 55.4 Å². The molecule has 0 radical (unpaired) electrons. The van der Waals surface area contributed by atoms with Gasteiger partial charge in [0.05, 0.1) is 7.81 Å². The van der Waals surface area contributed by atoms with Crippen molar-refractivity contribution in [2.45, 2.75) is 0 Å². The van der Waals surface area contributed by atoms with Crippen LogP contribution in [0, 0.1) is 13.0 Å². The van der Waals surface area contributed by atoms with Crippen molar-refractivity contribution in [3.63, 3.8) is 0 Å². The maximum atomic E-state index is 10.6. The maximum absolute atomic E-state index is 10.6. The molecule has 1 heterocycles. The normalized spacial score (nSPS) is 10.6. The largest absolute Gasteiger partial charge is 0.393 e. The van der Waals surface area contributed by atoms with Gasteiger partial charge in [-0.15, -0.1) is 11.3 Å². The van der Waals surface area contributed by atoms with E-state index in [1.807, 2.05) is 6.07 Å². The lowest BCUT2D eigenvalue weighted by atomic mass is 10.2. The average molecular weight is 320 g/mol. The molecule has 1 aromatic carbocycles. The number of nitro benzene ring substituents is 1. The van der Waals surface area contributed by atoms with Gasteiger partial charge in [0.15, 0.2) is 0 Å². The summed E-state index contributed by atoms with van der Waals surface area (Å²) in [6.45, 7) is 0. The number of nitro groups is 1. The van der Waals surface area contributed by atoms with Gasteiger partial charge in [0, 0.05) is 16.2 Å². The standard InChI is InChI=1S/C8H5IN2O2S/c9-7-3-4-6(14-7)2-1-5(8(4)10)11(12)13/h1-3H,10H2. The van der Waals surface area contributed by atoms with Crippen LogP contribution in [0.2, 0.25) is 0 Å². The molecular formula is C8H5IN2O2S. The third kappa shape index (κ3) is 1.44. The van der Waals surface area contributed by atoms with E-state index < -0.39 is 4.92 Å². The lowest BCUT2D eigenvalue weighted by molar-refractivity contribution is -0.383. The molecule has 0 fully saturated rings. The van der Waals surface area contributed by atoms with Gasteiger partial charge in [-0.3, -0.25) is 10.1 Å². The predicted octanol–water partition coefficient (Wildman–Crippen LogP) is 3.00. The molecule has 0 aliphatic carbocycles. The first-order chi connectivity index (χ1) is 6.59. The average Bonchev–Trinajstić information content (AvgIpc) is 2.46. The van der Waals surface area contributed by atoms with E-state index >= 15 is 0 Å². The summed E-state index contributed by atoms with van der Waals surface area (Å²) in [4.78, 5) is 10.1. The Bertz CT molecular complexity index is 523. The molecule has 0 saturated heterocycles. The number of anilines is 1. The number of hydrogen-bond acceptors (Lipinski definition) is 4. The predicted molar refractivity (Wildman–Crippen MR) is 65.6 cm³/mol. The molecule has 6 heteroatoms. The van der Waals surface area contributed by atoms with Gasteiger partial charge in [0.1, 0.15) is 5.69 Å². The third-order valence-corrected chi connectivity index (χ3v) is 3.75. The Kier molecular flexibility index (Phi) is 2.31. The van der Waals surface area contributed by atoms with E-state index in [0.717, 1.165) is 13.0 Å². The van der Waals surface area contributed by atoms with Crippen LogP contribution >= 0.6 is 33.9 Å². The maximum Gasteiger partial charge on any atom is 0.292 e. The van der Waals surface area contributed by atoms with Crippen LogP contribution in [0.3, 0.4) is 0 Å². The number of halogens is 1. The summed E-state index contributed by atoms with van der Waals surface area (Å²) >= 11 is 3.74. The molecular weight excluding hydrogens is 315 g/mol. The zero-order valence-electron chi connectivity index (χ0n) is 6.86. The van der Waals surface area contributed by atoms with Crippen LogP contribution in [0.1, 0.15) is 0 Å². The van der Waals surface area contributed by atoms with Crippen molar-refractivity contribution in [1.82, 2.24) is 0 Å². The molecule has 0 aliphatic rings. The summed E-state index contributed by atoms with van der Waals surface area (Å²) in [5.74, 6) is 0. The first kappa shape index (κ1) is 9.66. The zero-order chi connectivity index (χ0) is 10.3. The number of rotatable bonds is 1. The van der Waals surface area contributed by atoms with Crippen LogP contribution in [0.15, 0.2) is 18.2 Å². The molecule has 1 aromatic heterocycles. The lowest BCUT2D eigenvalue weighted by Gasteiger charge is -1.97. The summed E-state index contributed by atoms with van der Waals surface area (Å²) in [6, 6.07) is 5.05. The smallest absolute Gasteiger partial charge is 0.292 e. The Morgan fingerprint density at radius 3 is 2.86 bits per heavy atom. The Labute approximate surface area is 97.0 Å². The van der Waals surface area contributed by atoms with Crippen molar-refractivity contribution in [3.05, 3.63) is 31.2 Å². The van der Waals surface area contributed by atoms with Crippen molar-refractivity contribution in [2.24, 2.45) is 0 Å². The van der Waals surface area contributed by atoms with Gasteiger partial charge in [0.2, 0.25) is 0 Å². The van der Waals surface area contributed by atoms with E-state index in [1.54, 1.807) is 17.4 Å². The second-order valence-corrected chi connectivity index (χ2v) is 5.70. The fraction of sp³-hybridized carbons (Fsp3) is 0. The topological polar surface area (TPSA) is 69.2 Å². The van der Waals surface area contributed by atoms with Crippen LogP contribution in [0.5, 0.6) is 0 Å². The fourth-order valence-corrected chi connectivity index (χ4v) is 3.07. The van der Waals surface area contributed by atoms with Crippen LogP contribution in [-0.2, 0) is 0 Å². The summed E-state index contributed by atoms with van der Waals surface area (Å²) in [7, 11) is 0. The molecule has 0 spiro atoms. The number of fused-ring (bicyclic) bond motifs is 1. The number of nitrogen functional groups attached to an aromatic ring is 1. The SMILES string of the molecule is Nc1c([N+](=O)[O-])ccc2sc(I)cc12. The second-order valence-electron chi connectivity index (χ2n) is 2.72. The first-order valence-electron chi connectivity index (χ1n) is 3.71. The highest BCUT2D eigenvalue weighted by Gasteiger charge is 2.15. The molecule has 2 N–H and O–H groups in total. The highest BCUT2D eigenvalue weighted by atomic mass is 127. The van der Waals surface area contributed by atoms with E-state index in [2.05, 4.69) is 22.6 Å². The molecule has 4 nitrogen and oxygen atoms in total. The van der Waals surface area contributed by atoms with Gasteiger partial charge in [-0.25, -0.2) is 0 Å².